The molecule has 0 saturated carbocycles. The van der Waals surface area contributed by atoms with Crippen molar-refractivity contribution in [3.05, 3.63) is 47.0 Å². The lowest BCUT2D eigenvalue weighted by atomic mass is 10.0. The predicted octanol–water partition coefficient (Wildman–Crippen LogP) is 1.97. The topological polar surface area (TPSA) is 42.7 Å². The Morgan fingerprint density at radius 1 is 1.35 bits per heavy atom. The summed E-state index contributed by atoms with van der Waals surface area (Å²) in [5, 5.41) is 8.10. The SMILES string of the molecule is CNC(Cc1ncnn1C)c1ccc(Cl)cc1. The Morgan fingerprint density at radius 3 is 2.59 bits per heavy atom. The third-order valence-corrected chi connectivity index (χ3v) is 3.06. The van der Waals surface area contributed by atoms with E-state index in [2.05, 4.69) is 15.4 Å². The van der Waals surface area contributed by atoms with E-state index in [0.717, 1.165) is 17.3 Å². The van der Waals surface area contributed by atoms with Crippen molar-refractivity contribution in [3.63, 3.8) is 0 Å². The van der Waals surface area contributed by atoms with Crippen molar-refractivity contribution in [1.29, 1.82) is 0 Å². The van der Waals surface area contributed by atoms with Crippen molar-refractivity contribution in [2.24, 2.45) is 7.05 Å². The Bertz CT molecular complexity index is 478. The van der Waals surface area contributed by atoms with E-state index < -0.39 is 0 Å². The van der Waals surface area contributed by atoms with E-state index in [1.807, 2.05) is 38.4 Å². The van der Waals surface area contributed by atoms with E-state index in [-0.39, 0.29) is 6.04 Å². The molecule has 1 aromatic heterocycles. The second-order valence-corrected chi connectivity index (χ2v) is 4.33. The van der Waals surface area contributed by atoms with Crippen LogP contribution in [0.15, 0.2) is 30.6 Å². The Kier molecular flexibility index (Phi) is 3.76. The van der Waals surface area contributed by atoms with Crippen molar-refractivity contribution in [2.75, 3.05) is 7.05 Å². The summed E-state index contributed by atoms with van der Waals surface area (Å²) in [5.74, 6) is 0.958. The smallest absolute Gasteiger partial charge is 0.138 e. The summed E-state index contributed by atoms with van der Waals surface area (Å²) in [4.78, 5) is 4.23. The van der Waals surface area contributed by atoms with E-state index >= 15 is 0 Å². The first-order chi connectivity index (χ1) is 8.20. The van der Waals surface area contributed by atoms with Crippen molar-refractivity contribution >= 4 is 11.6 Å². The van der Waals surface area contributed by atoms with Crippen LogP contribution in [0.25, 0.3) is 0 Å². The number of halogens is 1. The maximum atomic E-state index is 5.88. The van der Waals surface area contributed by atoms with Gasteiger partial charge in [-0.1, -0.05) is 23.7 Å². The zero-order valence-electron chi connectivity index (χ0n) is 9.89. The summed E-state index contributed by atoms with van der Waals surface area (Å²) in [5.41, 5.74) is 1.19. The molecule has 17 heavy (non-hydrogen) atoms. The van der Waals surface area contributed by atoms with Crippen LogP contribution < -0.4 is 5.32 Å². The Balaban J connectivity index is 2.17. The molecule has 2 rings (SSSR count). The molecule has 90 valence electrons. The number of hydrogen-bond donors (Lipinski definition) is 1. The molecule has 1 unspecified atom stereocenters. The molecule has 0 amide bonds. The van der Waals surface area contributed by atoms with Gasteiger partial charge in [-0.3, -0.25) is 4.68 Å². The number of aromatic nitrogens is 3. The average molecular weight is 251 g/mol. The van der Waals surface area contributed by atoms with Crippen molar-refractivity contribution < 1.29 is 0 Å². The fourth-order valence-electron chi connectivity index (χ4n) is 1.77. The highest BCUT2D eigenvalue weighted by atomic mass is 35.5. The van der Waals surface area contributed by atoms with Gasteiger partial charge in [0.05, 0.1) is 0 Å². The Hall–Kier alpha value is -1.39. The van der Waals surface area contributed by atoms with Gasteiger partial charge in [-0.2, -0.15) is 5.10 Å². The molecular weight excluding hydrogens is 236 g/mol. The fraction of sp³-hybridized carbons (Fsp3) is 0.333. The van der Waals surface area contributed by atoms with Gasteiger partial charge in [-0.15, -0.1) is 0 Å². The largest absolute Gasteiger partial charge is 0.313 e. The van der Waals surface area contributed by atoms with Crippen molar-refractivity contribution in [1.82, 2.24) is 20.1 Å². The molecule has 0 bridgehead atoms. The lowest BCUT2D eigenvalue weighted by Gasteiger charge is -2.16. The first-order valence-electron chi connectivity index (χ1n) is 5.46. The minimum atomic E-state index is 0.218. The van der Waals surface area contributed by atoms with E-state index in [0.29, 0.717) is 0 Å². The van der Waals surface area contributed by atoms with E-state index in [1.165, 1.54) is 5.56 Å². The lowest BCUT2D eigenvalue weighted by molar-refractivity contribution is 0.553. The first-order valence-corrected chi connectivity index (χ1v) is 5.84. The third-order valence-electron chi connectivity index (χ3n) is 2.81. The minimum absolute atomic E-state index is 0.218. The minimum Gasteiger partial charge on any atom is -0.313 e. The Labute approximate surface area is 106 Å². The molecule has 1 aromatic carbocycles. The van der Waals surface area contributed by atoms with Crippen LogP contribution in [-0.2, 0) is 13.5 Å². The number of likely N-dealkylation sites (N-methyl/N-ethyl adjacent to an activating group) is 1. The lowest BCUT2D eigenvalue weighted by Crippen LogP contribution is -2.20. The van der Waals surface area contributed by atoms with Crippen LogP contribution in [0.5, 0.6) is 0 Å². The van der Waals surface area contributed by atoms with E-state index in [4.69, 9.17) is 11.6 Å². The zero-order valence-corrected chi connectivity index (χ0v) is 10.6. The summed E-state index contributed by atoms with van der Waals surface area (Å²) < 4.78 is 1.79. The molecule has 0 fully saturated rings. The van der Waals surface area contributed by atoms with Gasteiger partial charge in [0.2, 0.25) is 0 Å². The van der Waals surface area contributed by atoms with Crippen LogP contribution in [0.1, 0.15) is 17.4 Å². The number of hydrogen-bond acceptors (Lipinski definition) is 3. The average Bonchev–Trinajstić information content (AvgIpc) is 2.73. The molecule has 2 aromatic rings. The molecule has 0 spiro atoms. The maximum Gasteiger partial charge on any atom is 0.138 e. The number of rotatable bonds is 4. The predicted molar refractivity (Wildman–Crippen MR) is 68.0 cm³/mol. The molecule has 0 saturated heterocycles. The van der Waals surface area contributed by atoms with Crippen LogP contribution in [0, 0.1) is 0 Å². The molecule has 0 aliphatic rings. The van der Waals surface area contributed by atoms with Crippen molar-refractivity contribution in [2.45, 2.75) is 12.5 Å². The van der Waals surface area contributed by atoms with Gasteiger partial charge in [-0.25, -0.2) is 4.98 Å². The van der Waals surface area contributed by atoms with Gasteiger partial charge in [0.25, 0.3) is 0 Å². The highest BCUT2D eigenvalue weighted by Gasteiger charge is 2.12. The normalized spacial score (nSPS) is 12.6. The molecule has 0 aliphatic heterocycles. The highest BCUT2D eigenvalue weighted by Crippen LogP contribution is 2.19. The zero-order chi connectivity index (χ0) is 12.3. The van der Waals surface area contributed by atoms with Gasteiger partial charge >= 0.3 is 0 Å². The first kappa shape index (κ1) is 12.1. The highest BCUT2D eigenvalue weighted by molar-refractivity contribution is 6.30. The second-order valence-electron chi connectivity index (χ2n) is 3.90. The summed E-state index contributed by atoms with van der Waals surface area (Å²) >= 11 is 5.88. The maximum absolute atomic E-state index is 5.88. The van der Waals surface area contributed by atoms with Gasteiger partial charge in [0.15, 0.2) is 0 Å². The van der Waals surface area contributed by atoms with E-state index in [9.17, 15) is 0 Å². The van der Waals surface area contributed by atoms with Crippen LogP contribution in [0.4, 0.5) is 0 Å². The second kappa shape index (κ2) is 5.29. The molecular formula is C12H15ClN4. The Morgan fingerprint density at radius 2 is 2.06 bits per heavy atom. The van der Waals surface area contributed by atoms with Crippen LogP contribution >= 0.6 is 11.6 Å². The number of aryl methyl sites for hydroxylation is 1. The molecule has 0 aliphatic carbocycles. The molecule has 1 heterocycles. The van der Waals surface area contributed by atoms with Crippen LogP contribution in [-0.4, -0.2) is 21.8 Å². The quantitative estimate of drug-likeness (QED) is 0.902. The summed E-state index contributed by atoms with van der Waals surface area (Å²) in [7, 11) is 3.84. The summed E-state index contributed by atoms with van der Waals surface area (Å²) in [6, 6.07) is 8.07. The molecule has 1 N–H and O–H groups in total. The number of nitrogens with zero attached hydrogens (tertiary/aromatic N) is 3. The number of nitrogens with one attached hydrogen (secondary N) is 1. The third kappa shape index (κ3) is 2.84. The van der Waals surface area contributed by atoms with E-state index in [1.54, 1.807) is 11.0 Å². The van der Waals surface area contributed by atoms with Crippen LogP contribution in [0.2, 0.25) is 5.02 Å². The standard InChI is InChI=1S/C12H15ClN4/c1-14-11(7-12-15-8-16-17(12)2)9-3-5-10(13)6-4-9/h3-6,8,11,14H,7H2,1-2H3. The van der Waals surface area contributed by atoms with Gasteiger partial charge in [0.1, 0.15) is 12.2 Å². The number of benzene rings is 1. The molecule has 1 atom stereocenters. The molecule has 0 radical (unpaired) electrons. The molecule has 4 nitrogen and oxygen atoms in total. The molecule has 5 heteroatoms. The van der Waals surface area contributed by atoms with Gasteiger partial charge in [-0.05, 0) is 24.7 Å². The monoisotopic (exact) mass is 250 g/mol. The fourth-order valence-corrected chi connectivity index (χ4v) is 1.90. The van der Waals surface area contributed by atoms with Crippen molar-refractivity contribution in [3.8, 4) is 0 Å². The van der Waals surface area contributed by atoms with Gasteiger partial charge < -0.3 is 5.32 Å². The summed E-state index contributed by atoms with van der Waals surface area (Å²) in [6.07, 6.45) is 2.37. The summed E-state index contributed by atoms with van der Waals surface area (Å²) in [6.45, 7) is 0. The van der Waals surface area contributed by atoms with Crippen LogP contribution in [0.3, 0.4) is 0 Å². The van der Waals surface area contributed by atoms with Gasteiger partial charge in [0, 0.05) is 24.5 Å².